The Bertz CT molecular complexity index is 472. The summed E-state index contributed by atoms with van der Waals surface area (Å²) in [5, 5.41) is 19.7. The van der Waals surface area contributed by atoms with E-state index in [1.807, 2.05) is 12.1 Å². The smallest absolute Gasteiger partial charge is 0.404 e. The topological polar surface area (TPSA) is 89.2 Å². The van der Waals surface area contributed by atoms with Gasteiger partial charge in [0.25, 0.3) is 0 Å². The van der Waals surface area contributed by atoms with Crippen LogP contribution in [0.5, 0.6) is 0 Å². The first-order valence-electron chi connectivity index (χ1n) is 6.27. The molecule has 2 rings (SSSR count). The zero-order chi connectivity index (χ0) is 13.7. The van der Waals surface area contributed by atoms with Crippen LogP contribution in [0.2, 0.25) is 0 Å². The fourth-order valence-corrected chi connectivity index (χ4v) is 2.24. The summed E-state index contributed by atoms with van der Waals surface area (Å²) >= 11 is 0. The molecule has 1 fully saturated rings. The summed E-state index contributed by atoms with van der Waals surface area (Å²) in [4.78, 5) is 16.9. The number of carboxylic acid groups (broad SMARTS) is 1. The lowest BCUT2D eigenvalue weighted by Crippen LogP contribution is -2.38. The van der Waals surface area contributed by atoms with Crippen LogP contribution in [0.15, 0.2) is 18.3 Å². The van der Waals surface area contributed by atoms with Gasteiger partial charge in [0.2, 0.25) is 0 Å². The van der Waals surface area contributed by atoms with Gasteiger partial charge in [-0.1, -0.05) is 0 Å². The maximum atomic E-state index is 10.4. The van der Waals surface area contributed by atoms with E-state index in [4.69, 9.17) is 10.4 Å². The van der Waals surface area contributed by atoms with Crippen LogP contribution in [-0.4, -0.2) is 35.8 Å². The number of anilines is 1. The van der Waals surface area contributed by atoms with Gasteiger partial charge in [0.05, 0.1) is 5.56 Å². The minimum Gasteiger partial charge on any atom is -0.465 e. The van der Waals surface area contributed by atoms with Crippen molar-refractivity contribution in [3.8, 4) is 6.07 Å². The van der Waals surface area contributed by atoms with Crippen molar-refractivity contribution in [3.05, 3.63) is 23.9 Å². The van der Waals surface area contributed by atoms with E-state index < -0.39 is 6.09 Å². The summed E-state index contributed by atoms with van der Waals surface area (Å²) in [6, 6.07) is 5.67. The molecule has 6 nitrogen and oxygen atoms in total. The lowest BCUT2D eigenvalue weighted by atomic mass is 9.97. The molecular formula is C13H16N4O2. The van der Waals surface area contributed by atoms with Gasteiger partial charge in [0.15, 0.2) is 0 Å². The first-order chi connectivity index (χ1) is 9.19. The summed E-state index contributed by atoms with van der Waals surface area (Å²) in [7, 11) is 0. The lowest BCUT2D eigenvalue weighted by molar-refractivity contribution is 0.191. The van der Waals surface area contributed by atoms with Crippen LogP contribution in [-0.2, 0) is 0 Å². The predicted octanol–water partition coefficient (Wildman–Crippen LogP) is 1.44. The maximum absolute atomic E-state index is 10.4. The maximum Gasteiger partial charge on any atom is 0.404 e. The molecule has 1 amide bonds. The largest absolute Gasteiger partial charge is 0.465 e. The van der Waals surface area contributed by atoms with Crippen molar-refractivity contribution >= 4 is 11.9 Å². The molecule has 0 unspecified atom stereocenters. The van der Waals surface area contributed by atoms with Gasteiger partial charge >= 0.3 is 6.09 Å². The molecule has 100 valence electrons. The van der Waals surface area contributed by atoms with Gasteiger partial charge < -0.3 is 15.3 Å². The van der Waals surface area contributed by atoms with E-state index in [9.17, 15) is 4.79 Å². The number of nitrogens with zero attached hydrogens (tertiary/aromatic N) is 3. The number of nitriles is 1. The molecule has 6 heteroatoms. The number of piperidine rings is 1. The molecule has 2 heterocycles. The molecule has 0 spiro atoms. The number of pyridine rings is 1. The van der Waals surface area contributed by atoms with Crippen LogP contribution in [0.25, 0.3) is 0 Å². The summed E-state index contributed by atoms with van der Waals surface area (Å²) in [5.74, 6) is 1.27. The summed E-state index contributed by atoms with van der Waals surface area (Å²) in [6.45, 7) is 2.25. The highest BCUT2D eigenvalue weighted by Crippen LogP contribution is 2.21. The summed E-state index contributed by atoms with van der Waals surface area (Å²) in [5.41, 5.74) is 0.560. The molecule has 2 N–H and O–H groups in total. The van der Waals surface area contributed by atoms with Crippen molar-refractivity contribution in [2.75, 3.05) is 24.5 Å². The second-order valence-electron chi connectivity index (χ2n) is 4.63. The van der Waals surface area contributed by atoms with Crippen molar-refractivity contribution in [2.24, 2.45) is 5.92 Å². The summed E-state index contributed by atoms with van der Waals surface area (Å²) in [6.07, 6.45) is 2.51. The summed E-state index contributed by atoms with van der Waals surface area (Å²) < 4.78 is 0. The van der Waals surface area contributed by atoms with Gasteiger partial charge in [0.1, 0.15) is 11.9 Å². The van der Waals surface area contributed by atoms with E-state index >= 15 is 0 Å². The Morgan fingerprint density at radius 2 is 2.26 bits per heavy atom. The molecule has 1 aliphatic rings. The fraction of sp³-hybridized carbons (Fsp3) is 0.462. The van der Waals surface area contributed by atoms with Gasteiger partial charge in [-0.15, -0.1) is 0 Å². The molecule has 0 atom stereocenters. The highest BCUT2D eigenvalue weighted by atomic mass is 16.4. The fourth-order valence-electron chi connectivity index (χ4n) is 2.24. The number of carbonyl (C=O) groups is 1. The average molecular weight is 260 g/mol. The predicted molar refractivity (Wildman–Crippen MR) is 69.9 cm³/mol. The van der Waals surface area contributed by atoms with Crippen LogP contribution in [0.4, 0.5) is 10.6 Å². The van der Waals surface area contributed by atoms with Gasteiger partial charge in [-0.25, -0.2) is 9.78 Å². The van der Waals surface area contributed by atoms with E-state index in [0.717, 1.165) is 31.7 Å². The van der Waals surface area contributed by atoms with E-state index in [0.29, 0.717) is 18.0 Å². The van der Waals surface area contributed by atoms with Crippen LogP contribution >= 0.6 is 0 Å². The zero-order valence-corrected chi connectivity index (χ0v) is 10.5. The number of aromatic nitrogens is 1. The molecule has 1 aliphatic heterocycles. The van der Waals surface area contributed by atoms with Crippen molar-refractivity contribution in [1.82, 2.24) is 10.3 Å². The zero-order valence-electron chi connectivity index (χ0n) is 10.5. The van der Waals surface area contributed by atoms with Crippen LogP contribution in [0.3, 0.4) is 0 Å². The number of hydrogen-bond donors (Lipinski definition) is 2. The Kier molecular flexibility index (Phi) is 4.18. The van der Waals surface area contributed by atoms with E-state index in [1.54, 1.807) is 12.3 Å². The standard InChI is InChI=1S/C13H16N4O2/c14-7-11-1-2-12(15-9-11)17-5-3-10(4-6-17)8-16-13(18)19/h1-2,9-10,16H,3-6,8H2,(H,18,19). The van der Waals surface area contributed by atoms with Crippen LogP contribution in [0.1, 0.15) is 18.4 Å². The van der Waals surface area contributed by atoms with E-state index in [2.05, 4.69) is 15.2 Å². The van der Waals surface area contributed by atoms with Gasteiger partial charge in [-0.3, -0.25) is 0 Å². The molecule has 1 aromatic rings. The molecule has 0 bridgehead atoms. The van der Waals surface area contributed by atoms with Crippen molar-refractivity contribution in [3.63, 3.8) is 0 Å². The van der Waals surface area contributed by atoms with Crippen molar-refractivity contribution in [1.29, 1.82) is 5.26 Å². The van der Waals surface area contributed by atoms with Crippen LogP contribution < -0.4 is 10.2 Å². The monoisotopic (exact) mass is 260 g/mol. The number of amides is 1. The Morgan fingerprint density at radius 1 is 1.53 bits per heavy atom. The van der Waals surface area contributed by atoms with Crippen molar-refractivity contribution in [2.45, 2.75) is 12.8 Å². The van der Waals surface area contributed by atoms with Gasteiger partial charge in [-0.05, 0) is 30.9 Å². The van der Waals surface area contributed by atoms with Gasteiger partial charge in [0, 0.05) is 25.8 Å². The molecule has 0 aliphatic carbocycles. The Balaban J connectivity index is 1.85. The van der Waals surface area contributed by atoms with E-state index in [1.165, 1.54) is 0 Å². The first-order valence-corrected chi connectivity index (χ1v) is 6.27. The third-order valence-electron chi connectivity index (χ3n) is 3.36. The second-order valence-corrected chi connectivity index (χ2v) is 4.63. The average Bonchev–Trinajstić information content (AvgIpc) is 2.46. The SMILES string of the molecule is N#Cc1ccc(N2CCC(CNC(=O)O)CC2)nc1. The van der Waals surface area contributed by atoms with E-state index in [-0.39, 0.29) is 0 Å². The molecule has 0 saturated carbocycles. The molecule has 0 aromatic carbocycles. The lowest BCUT2D eigenvalue weighted by Gasteiger charge is -2.32. The Hall–Kier alpha value is -2.29. The third-order valence-corrected chi connectivity index (χ3v) is 3.36. The van der Waals surface area contributed by atoms with Gasteiger partial charge in [-0.2, -0.15) is 5.26 Å². The molecule has 19 heavy (non-hydrogen) atoms. The Labute approximate surface area is 111 Å². The highest BCUT2D eigenvalue weighted by molar-refractivity contribution is 5.64. The molecule has 1 aromatic heterocycles. The first kappa shape index (κ1) is 13.1. The second kappa shape index (κ2) is 6.05. The molecule has 1 saturated heterocycles. The minimum absolute atomic E-state index is 0.394. The number of nitrogens with one attached hydrogen (secondary N) is 1. The molecule has 0 radical (unpaired) electrons. The number of rotatable bonds is 3. The quantitative estimate of drug-likeness (QED) is 0.858. The molecular weight excluding hydrogens is 244 g/mol. The van der Waals surface area contributed by atoms with Crippen LogP contribution in [0, 0.1) is 17.2 Å². The Morgan fingerprint density at radius 3 is 2.79 bits per heavy atom. The normalized spacial score (nSPS) is 15.8. The third kappa shape index (κ3) is 3.58. The minimum atomic E-state index is -0.962. The highest BCUT2D eigenvalue weighted by Gasteiger charge is 2.20. The van der Waals surface area contributed by atoms with Crippen molar-refractivity contribution < 1.29 is 9.90 Å². The number of hydrogen-bond acceptors (Lipinski definition) is 4.